The Hall–Kier alpha value is -2.44. The molecule has 0 aliphatic rings. The lowest BCUT2D eigenvalue weighted by molar-refractivity contribution is -0.153. The lowest BCUT2D eigenvalue weighted by Crippen LogP contribution is -2.26. The van der Waals surface area contributed by atoms with Gasteiger partial charge < -0.3 is 14.9 Å². The van der Waals surface area contributed by atoms with E-state index >= 15 is 0 Å². The van der Waals surface area contributed by atoms with Crippen molar-refractivity contribution >= 4 is 27.4 Å². The number of carbonyl (C=O) groups excluding carboxylic acids is 1. The summed E-state index contributed by atoms with van der Waals surface area (Å²) in [6.45, 7) is 4.12. The van der Waals surface area contributed by atoms with Crippen LogP contribution in [0.2, 0.25) is 0 Å². The number of benzene rings is 1. The Kier molecular flexibility index (Phi) is 6.08. The van der Waals surface area contributed by atoms with Gasteiger partial charge in [-0.3, -0.25) is 4.98 Å². The van der Waals surface area contributed by atoms with Gasteiger partial charge in [-0.1, -0.05) is 13.0 Å². The SMILES string of the molecule is CCc1ccc(CC(O)C(=O)OCCc2csc3cc(O)ccc23)c(C)n1. The summed E-state index contributed by atoms with van der Waals surface area (Å²) in [5, 5.41) is 22.7. The van der Waals surface area contributed by atoms with Gasteiger partial charge in [0.15, 0.2) is 6.10 Å². The van der Waals surface area contributed by atoms with Gasteiger partial charge in [-0.05, 0) is 59.5 Å². The number of hydrogen-bond acceptors (Lipinski definition) is 6. The summed E-state index contributed by atoms with van der Waals surface area (Å²) < 4.78 is 6.25. The quantitative estimate of drug-likeness (QED) is 0.608. The summed E-state index contributed by atoms with van der Waals surface area (Å²) >= 11 is 1.54. The number of hydrogen-bond donors (Lipinski definition) is 2. The fraction of sp³-hybridized carbons (Fsp3) is 0.333. The molecule has 0 fully saturated rings. The number of aromatic nitrogens is 1. The third kappa shape index (κ3) is 4.64. The Morgan fingerprint density at radius 2 is 2.07 bits per heavy atom. The van der Waals surface area contributed by atoms with E-state index in [1.165, 1.54) is 0 Å². The van der Waals surface area contributed by atoms with Gasteiger partial charge in [0.2, 0.25) is 0 Å². The van der Waals surface area contributed by atoms with Gasteiger partial charge in [-0.2, -0.15) is 0 Å². The number of pyridine rings is 1. The van der Waals surface area contributed by atoms with Crippen LogP contribution in [0, 0.1) is 6.92 Å². The standard InChI is InChI=1S/C21H23NO4S/c1-3-16-5-4-14(13(2)22-16)10-19(24)21(25)26-9-8-15-12-27-20-11-17(23)6-7-18(15)20/h4-7,11-12,19,23-24H,3,8-10H2,1-2H3. The molecule has 0 aliphatic heterocycles. The van der Waals surface area contributed by atoms with Crippen molar-refractivity contribution in [2.24, 2.45) is 0 Å². The summed E-state index contributed by atoms with van der Waals surface area (Å²) in [7, 11) is 0. The van der Waals surface area contributed by atoms with Crippen LogP contribution in [0.1, 0.15) is 29.4 Å². The minimum Gasteiger partial charge on any atom is -0.508 e. The number of aryl methyl sites for hydroxylation is 2. The second-order valence-electron chi connectivity index (χ2n) is 6.48. The van der Waals surface area contributed by atoms with Crippen LogP contribution in [0.15, 0.2) is 35.7 Å². The molecule has 0 saturated carbocycles. The van der Waals surface area contributed by atoms with E-state index in [1.807, 2.05) is 37.4 Å². The van der Waals surface area contributed by atoms with E-state index in [2.05, 4.69) is 4.98 Å². The molecule has 1 unspecified atom stereocenters. The highest BCUT2D eigenvalue weighted by Gasteiger charge is 2.19. The molecule has 27 heavy (non-hydrogen) atoms. The number of aromatic hydroxyl groups is 1. The largest absolute Gasteiger partial charge is 0.508 e. The molecule has 2 aromatic heterocycles. The number of phenols is 1. The number of ether oxygens (including phenoxy) is 1. The van der Waals surface area contributed by atoms with Gasteiger partial charge in [-0.15, -0.1) is 11.3 Å². The van der Waals surface area contributed by atoms with E-state index in [9.17, 15) is 15.0 Å². The molecule has 6 heteroatoms. The molecular formula is C21H23NO4S. The second kappa shape index (κ2) is 8.50. The van der Waals surface area contributed by atoms with Gasteiger partial charge >= 0.3 is 5.97 Å². The lowest BCUT2D eigenvalue weighted by atomic mass is 10.1. The highest BCUT2D eigenvalue weighted by Crippen LogP contribution is 2.29. The monoisotopic (exact) mass is 385 g/mol. The Balaban J connectivity index is 1.54. The third-order valence-corrected chi connectivity index (χ3v) is 5.55. The van der Waals surface area contributed by atoms with Crippen LogP contribution in [-0.2, 0) is 28.8 Å². The number of esters is 1. The maximum absolute atomic E-state index is 12.1. The highest BCUT2D eigenvalue weighted by atomic mass is 32.1. The fourth-order valence-electron chi connectivity index (χ4n) is 2.97. The summed E-state index contributed by atoms with van der Waals surface area (Å²) in [6.07, 6.45) is 0.411. The molecule has 2 N–H and O–H groups in total. The van der Waals surface area contributed by atoms with Crippen molar-refractivity contribution in [2.45, 2.75) is 39.2 Å². The molecule has 5 nitrogen and oxygen atoms in total. The smallest absolute Gasteiger partial charge is 0.335 e. The van der Waals surface area contributed by atoms with Crippen molar-refractivity contribution in [1.82, 2.24) is 4.98 Å². The zero-order valence-electron chi connectivity index (χ0n) is 15.4. The Labute approximate surface area is 162 Å². The maximum atomic E-state index is 12.1. The van der Waals surface area contributed by atoms with E-state index in [0.29, 0.717) is 6.42 Å². The van der Waals surface area contributed by atoms with Crippen LogP contribution in [0.25, 0.3) is 10.1 Å². The van der Waals surface area contributed by atoms with Gasteiger partial charge in [0.05, 0.1) is 6.61 Å². The Morgan fingerprint density at radius 1 is 1.26 bits per heavy atom. The first-order valence-electron chi connectivity index (χ1n) is 8.97. The number of fused-ring (bicyclic) bond motifs is 1. The predicted molar refractivity (Wildman–Crippen MR) is 106 cm³/mol. The van der Waals surface area contributed by atoms with Crippen molar-refractivity contribution in [3.05, 3.63) is 58.2 Å². The number of nitrogens with zero attached hydrogens (tertiary/aromatic N) is 1. The van der Waals surface area contributed by atoms with E-state index in [-0.39, 0.29) is 18.8 Å². The third-order valence-electron chi connectivity index (χ3n) is 4.56. The number of aliphatic hydroxyl groups is 1. The molecule has 0 bridgehead atoms. The number of thiophene rings is 1. The van der Waals surface area contributed by atoms with Crippen molar-refractivity contribution < 1.29 is 19.7 Å². The summed E-state index contributed by atoms with van der Waals surface area (Å²) in [4.78, 5) is 16.6. The topological polar surface area (TPSA) is 79.7 Å². The summed E-state index contributed by atoms with van der Waals surface area (Å²) in [6, 6.07) is 9.06. The molecule has 2 heterocycles. The predicted octanol–water partition coefficient (Wildman–Crippen LogP) is 3.56. The van der Waals surface area contributed by atoms with Crippen LogP contribution < -0.4 is 0 Å². The zero-order chi connectivity index (χ0) is 19.4. The van der Waals surface area contributed by atoms with Crippen molar-refractivity contribution in [3.8, 4) is 5.75 Å². The zero-order valence-corrected chi connectivity index (χ0v) is 16.3. The first-order chi connectivity index (χ1) is 13.0. The van der Waals surface area contributed by atoms with Gasteiger partial charge in [-0.25, -0.2) is 4.79 Å². The fourth-order valence-corrected chi connectivity index (χ4v) is 4.00. The van der Waals surface area contributed by atoms with Crippen molar-refractivity contribution in [1.29, 1.82) is 0 Å². The summed E-state index contributed by atoms with van der Waals surface area (Å²) in [5.41, 5.74) is 3.73. The number of carbonyl (C=O) groups is 1. The van der Waals surface area contributed by atoms with Crippen molar-refractivity contribution in [2.75, 3.05) is 6.61 Å². The normalized spacial score (nSPS) is 12.3. The first kappa shape index (κ1) is 19.3. The van der Waals surface area contributed by atoms with Crippen LogP contribution >= 0.6 is 11.3 Å². The number of aliphatic hydroxyl groups excluding tert-OH is 1. The van der Waals surface area contributed by atoms with E-state index in [4.69, 9.17) is 4.74 Å². The molecule has 3 aromatic rings. The van der Waals surface area contributed by atoms with E-state index < -0.39 is 12.1 Å². The van der Waals surface area contributed by atoms with Gasteiger partial charge in [0, 0.05) is 28.9 Å². The average molecular weight is 385 g/mol. The first-order valence-corrected chi connectivity index (χ1v) is 9.85. The molecule has 1 atom stereocenters. The molecule has 0 aliphatic carbocycles. The van der Waals surface area contributed by atoms with Gasteiger partial charge in [0.1, 0.15) is 5.75 Å². The molecular weight excluding hydrogens is 362 g/mol. The molecule has 0 spiro atoms. The minimum atomic E-state index is -1.20. The van der Waals surface area contributed by atoms with Crippen LogP contribution in [0.4, 0.5) is 0 Å². The highest BCUT2D eigenvalue weighted by molar-refractivity contribution is 7.17. The molecule has 0 amide bonds. The molecule has 1 aromatic carbocycles. The Morgan fingerprint density at radius 3 is 2.81 bits per heavy atom. The van der Waals surface area contributed by atoms with Crippen LogP contribution in [0.5, 0.6) is 5.75 Å². The maximum Gasteiger partial charge on any atom is 0.335 e. The molecule has 3 rings (SSSR count). The van der Waals surface area contributed by atoms with E-state index in [0.717, 1.165) is 39.0 Å². The Bertz CT molecular complexity index is 951. The van der Waals surface area contributed by atoms with Gasteiger partial charge in [0.25, 0.3) is 0 Å². The van der Waals surface area contributed by atoms with Crippen LogP contribution in [-0.4, -0.2) is 33.9 Å². The van der Waals surface area contributed by atoms with Crippen molar-refractivity contribution in [3.63, 3.8) is 0 Å². The number of rotatable bonds is 7. The molecule has 142 valence electrons. The second-order valence-corrected chi connectivity index (χ2v) is 7.39. The van der Waals surface area contributed by atoms with E-state index in [1.54, 1.807) is 23.5 Å². The number of phenolic OH excluding ortho intramolecular Hbond substituents is 1. The summed E-state index contributed by atoms with van der Waals surface area (Å²) in [5.74, 6) is -0.381. The van der Waals surface area contributed by atoms with Crippen LogP contribution in [0.3, 0.4) is 0 Å². The molecule has 0 radical (unpaired) electrons. The average Bonchev–Trinajstić information content (AvgIpc) is 3.05. The molecule has 0 saturated heterocycles. The lowest BCUT2D eigenvalue weighted by Gasteiger charge is -2.12. The minimum absolute atomic E-state index is 0.197.